The van der Waals surface area contributed by atoms with Crippen LogP contribution in [0.2, 0.25) is 0 Å². The van der Waals surface area contributed by atoms with Crippen molar-refractivity contribution in [2.24, 2.45) is 0 Å². The molecule has 0 amide bonds. The van der Waals surface area contributed by atoms with Crippen LogP contribution in [-0.2, 0) is 4.74 Å². The molecular weight excluding hydrogens is 236 g/mol. The molecule has 1 N–H and O–H groups in total. The number of rotatable bonds is 6. The number of hydrogen-bond donors (Lipinski definition) is 1. The zero-order valence-electron chi connectivity index (χ0n) is 11.9. The highest BCUT2D eigenvalue weighted by atomic mass is 16.5. The van der Waals surface area contributed by atoms with E-state index in [9.17, 15) is 0 Å². The molecule has 0 saturated heterocycles. The van der Waals surface area contributed by atoms with Crippen molar-refractivity contribution >= 4 is 10.8 Å². The highest BCUT2D eigenvalue weighted by Gasteiger charge is 2.20. The minimum absolute atomic E-state index is 0.123. The fourth-order valence-electron chi connectivity index (χ4n) is 2.37. The van der Waals surface area contributed by atoms with Crippen molar-refractivity contribution in [2.75, 3.05) is 13.7 Å². The molecule has 0 aliphatic rings. The standard InChI is InChI=1S/C16H22N2O/c1-4-9-18-16(12(2)19-3)14-7-5-6-13-8-10-17-11-15(13)14/h5-8,10-12,16,18H,4,9H2,1-3H3. The van der Waals surface area contributed by atoms with Crippen LogP contribution in [0.3, 0.4) is 0 Å². The van der Waals surface area contributed by atoms with Gasteiger partial charge in [0, 0.05) is 24.9 Å². The normalized spacial score (nSPS) is 14.5. The van der Waals surface area contributed by atoms with E-state index in [0.29, 0.717) is 0 Å². The van der Waals surface area contributed by atoms with E-state index in [1.807, 2.05) is 18.5 Å². The van der Waals surface area contributed by atoms with Gasteiger partial charge in [0.15, 0.2) is 0 Å². The number of aromatic nitrogens is 1. The molecule has 0 aliphatic heterocycles. The molecule has 3 heteroatoms. The summed E-state index contributed by atoms with van der Waals surface area (Å²) in [6, 6.07) is 8.62. The maximum atomic E-state index is 5.53. The lowest BCUT2D eigenvalue weighted by atomic mass is 9.97. The molecule has 2 atom stereocenters. The van der Waals surface area contributed by atoms with E-state index >= 15 is 0 Å². The topological polar surface area (TPSA) is 34.2 Å². The Bertz CT molecular complexity index is 522. The molecule has 19 heavy (non-hydrogen) atoms. The van der Waals surface area contributed by atoms with E-state index in [1.54, 1.807) is 7.11 Å². The van der Waals surface area contributed by atoms with Gasteiger partial charge in [0.05, 0.1) is 12.1 Å². The Labute approximate surface area is 115 Å². The SMILES string of the molecule is CCCNC(c1cccc2ccncc12)C(C)OC. The van der Waals surface area contributed by atoms with Crippen molar-refractivity contribution < 1.29 is 4.74 Å². The molecule has 0 aliphatic carbocycles. The predicted octanol–water partition coefficient (Wildman–Crippen LogP) is 3.31. The zero-order valence-corrected chi connectivity index (χ0v) is 11.9. The van der Waals surface area contributed by atoms with E-state index in [1.165, 1.54) is 16.3 Å². The monoisotopic (exact) mass is 258 g/mol. The van der Waals surface area contributed by atoms with E-state index < -0.39 is 0 Å². The van der Waals surface area contributed by atoms with Crippen LogP contribution in [0.15, 0.2) is 36.7 Å². The number of fused-ring (bicyclic) bond motifs is 1. The Kier molecular flexibility index (Phi) is 4.88. The third-order valence-electron chi connectivity index (χ3n) is 3.51. The van der Waals surface area contributed by atoms with Crippen LogP contribution >= 0.6 is 0 Å². The third kappa shape index (κ3) is 3.11. The van der Waals surface area contributed by atoms with Gasteiger partial charge in [-0.15, -0.1) is 0 Å². The Morgan fingerprint density at radius 1 is 1.32 bits per heavy atom. The summed E-state index contributed by atoms with van der Waals surface area (Å²) in [5.74, 6) is 0. The minimum Gasteiger partial charge on any atom is -0.380 e. The molecule has 0 saturated carbocycles. The summed E-state index contributed by atoms with van der Waals surface area (Å²) < 4.78 is 5.53. The van der Waals surface area contributed by atoms with Crippen LogP contribution in [-0.4, -0.2) is 24.7 Å². The van der Waals surface area contributed by atoms with Gasteiger partial charge in [-0.2, -0.15) is 0 Å². The summed E-state index contributed by atoms with van der Waals surface area (Å²) in [6.07, 6.45) is 5.00. The first-order valence-corrected chi connectivity index (χ1v) is 6.86. The first kappa shape index (κ1) is 14.0. The molecule has 2 rings (SSSR count). The van der Waals surface area contributed by atoms with Crippen LogP contribution in [0.5, 0.6) is 0 Å². The average Bonchev–Trinajstić information content (AvgIpc) is 2.47. The highest BCUT2D eigenvalue weighted by molar-refractivity contribution is 5.85. The number of ether oxygens (including phenoxy) is 1. The molecule has 0 spiro atoms. The summed E-state index contributed by atoms with van der Waals surface area (Å²) >= 11 is 0. The van der Waals surface area contributed by atoms with Gasteiger partial charge in [0.25, 0.3) is 0 Å². The molecule has 2 aromatic rings. The molecular formula is C16H22N2O. The van der Waals surface area contributed by atoms with Crippen molar-refractivity contribution in [2.45, 2.75) is 32.4 Å². The molecule has 0 bridgehead atoms. The summed E-state index contributed by atoms with van der Waals surface area (Å²) in [6.45, 7) is 5.25. The van der Waals surface area contributed by atoms with Crippen LogP contribution in [0.1, 0.15) is 31.9 Å². The number of benzene rings is 1. The Balaban J connectivity index is 2.43. The van der Waals surface area contributed by atoms with Crippen molar-refractivity contribution in [3.05, 3.63) is 42.2 Å². The molecule has 2 unspecified atom stereocenters. The number of methoxy groups -OCH3 is 1. The van der Waals surface area contributed by atoms with Gasteiger partial charge in [0.1, 0.15) is 0 Å². The molecule has 1 aromatic heterocycles. The van der Waals surface area contributed by atoms with Gasteiger partial charge in [-0.3, -0.25) is 4.98 Å². The van der Waals surface area contributed by atoms with Gasteiger partial charge < -0.3 is 10.1 Å². The van der Waals surface area contributed by atoms with E-state index in [4.69, 9.17) is 4.74 Å². The van der Waals surface area contributed by atoms with Gasteiger partial charge in [-0.1, -0.05) is 25.1 Å². The smallest absolute Gasteiger partial charge is 0.0738 e. The molecule has 1 heterocycles. The Morgan fingerprint density at radius 2 is 2.16 bits per heavy atom. The Hall–Kier alpha value is -1.45. The average molecular weight is 258 g/mol. The van der Waals surface area contributed by atoms with E-state index in [2.05, 4.69) is 42.3 Å². The number of nitrogens with one attached hydrogen (secondary N) is 1. The quantitative estimate of drug-likeness (QED) is 0.863. The minimum atomic E-state index is 0.123. The lowest BCUT2D eigenvalue weighted by molar-refractivity contribution is 0.0835. The van der Waals surface area contributed by atoms with Crippen molar-refractivity contribution in [1.29, 1.82) is 0 Å². The van der Waals surface area contributed by atoms with Gasteiger partial charge in [-0.25, -0.2) is 0 Å². The molecule has 0 radical (unpaired) electrons. The predicted molar refractivity (Wildman–Crippen MR) is 79.2 cm³/mol. The van der Waals surface area contributed by atoms with Gasteiger partial charge in [0.2, 0.25) is 0 Å². The maximum absolute atomic E-state index is 5.53. The largest absolute Gasteiger partial charge is 0.380 e. The van der Waals surface area contributed by atoms with Crippen LogP contribution < -0.4 is 5.32 Å². The summed E-state index contributed by atoms with van der Waals surface area (Å²) in [5.41, 5.74) is 1.26. The van der Waals surface area contributed by atoms with Crippen molar-refractivity contribution in [1.82, 2.24) is 10.3 Å². The second kappa shape index (κ2) is 6.64. The first-order valence-electron chi connectivity index (χ1n) is 6.86. The Morgan fingerprint density at radius 3 is 2.89 bits per heavy atom. The fraction of sp³-hybridized carbons (Fsp3) is 0.438. The number of pyridine rings is 1. The zero-order chi connectivity index (χ0) is 13.7. The van der Waals surface area contributed by atoms with Crippen LogP contribution in [0.25, 0.3) is 10.8 Å². The molecule has 3 nitrogen and oxygen atoms in total. The van der Waals surface area contributed by atoms with Crippen molar-refractivity contribution in [3.63, 3.8) is 0 Å². The summed E-state index contributed by atoms with van der Waals surface area (Å²) in [4.78, 5) is 4.25. The van der Waals surface area contributed by atoms with Gasteiger partial charge in [-0.05, 0) is 36.9 Å². The first-order chi connectivity index (χ1) is 9.27. The van der Waals surface area contributed by atoms with Crippen LogP contribution in [0.4, 0.5) is 0 Å². The fourth-order valence-corrected chi connectivity index (χ4v) is 2.37. The molecule has 1 aromatic carbocycles. The third-order valence-corrected chi connectivity index (χ3v) is 3.51. The second-order valence-electron chi connectivity index (χ2n) is 4.82. The van der Waals surface area contributed by atoms with E-state index in [0.717, 1.165) is 13.0 Å². The molecule has 102 valence electrons. The van der Waals surface area contributed by atoms with E-state index in [-0.39, 0.29) is 12.1 Å². The van der Waals surface area contributed by atoms with Crippen LogP contribution in [0, 0.1) is 0 Å². The summed E-state index contributed by atoms with van der Waals surface area (Å²) in [7, 11) is 1.76. The lowest BCUT2D eigenvalue weighted by Gasteiger charge is -2.25. The number of hydrogen-bond acceptors (Lipinski definition) is 3. The second-order valence-corrected chi connectivity index (χ2v) is 4.82. The maximum Gasteiger partial charge on any atom is 0.0738 e. The lowest BCUT2D eigenvalue weighted by Crippen LogP contribution is -2.32. The van der Waals surface area contributed by atoms with Crippen molar-refractivity contribution in [3.8, 4) is 0 Å². The summed E-state index contributed by atoms with van der Waals surface area (Å²) in [5, 5.41) is 5.99. The highest BCUT2D eigenvalue weighted by Crippen LogP contribution is 2.26. The van der Waals surface area contributed by atoms with Gasteiger partial charge >= 0.3 is 0 Å². The number of nitrogens with zero attached hydrogens (tertiary/aromatic N) is 1. The molecule has 0 fully saturated rings.